The highest BCUT2D eigenvalue weighted by Crippen LogP contribution is 2.37. The van der Waals surface area contributed by atoms with Gasteiger partial charge in [-0.3, -0.25) is 4.79 Å². The van der Waals surface area contributed by atoms with Crippen LogP contribution < -0.4 is 4.74 Å². The van der Waals surface area contributed by atoms with E-state index in [0.29, 0.717) is 42.6 Å². The molecule has 0 atom stereocenters. The lowest BCUT2D eigenvalue weighted by molar-refractivity contribution is -0.131. The van der Waals surface area contributed by atoms with Crippen LogP contribution in [0.1, 0.15) is 16.1 Å². The van der Waals surface area contributed by atoms with Gasteiger partial charge in [0.15, 0.2) is 5.76 Å². The predicted molar refractivity (Wildman–Crippen MR) is 133 cm³/mol. The Kier molecular flexibility index (Phi) is 6.13. The van der Waals surface area contributed by atoms with E-state index in [1.54, 1.807) is 16.0 Å². The Morgan fingerprint density at radius 1 is 1.15 bits per heavy atom. The standard InChI is InChI=1S/C26H22ClN3O3S/c1-17-20(25-28-9-12-34-25)15-29-10-11-30(26(32)23(29)24(17)31)14-19-7-8-22(21(27)13-19)33-16-18-5-3-2-4-6-18/h2-9,12-13,15,31H,1,10-11,14,16H2. The minimum absolute atomic E-state index is 0.106. The molecule has 0 saturated carbocycles. The monoisotopic (exact) mass is 491 g/mol. The Labute approximate surface area is 206 Å². The zero-order valence-corrected chi connectivity index (χ0v) is 19.9. The second-order valence-corrected chi connectivity index (χ2v) is 9.32. The van der Waals surface area contributed by atoms with Crippen molar-refractivity contribution < 1.29 is 14.6 Å². The summed E-state index contributed by atoms with van der Waals surface area (Å²) < 4.78 is 5.85. The van der Waals surface area contributed by atoms with Crippen LogP contribution >= 0.6 is 22.9 Å². The van der Waals surface area contributed by atoms with Crippen molar-refractivity contribution in [3.63, 3.8) is 0 Å². The maximum absolute atomic E-state index is 13.2. The van der Waals surface area contributed by atoms with Gasteiger partial charge in [0.1, 0.15) is 23.1 Å². The zero-order chi connectivity index (χ0) is 23.7. The van der Waals surface area contributed by atoms with Gasteiger partial charge in [0.05, 0.1) is 5.02 Å². The number of allylic oxidation sites excluding steroid dienone is 1. The summed E-state index contributed by atoms with van der Waals surface area (Å²) in [6.45, 7) is 5.85. The largest absolute Gasteiger partial charge is 0.505 e. The highest BCUT2D eigenvalue weighted by atomic mass is 35.5. The molecule has 1 amide bonds. The SMILES string of the molecule is C=C1C(c2nccs2)=CN2CCN(Cc3ccc(OCc4ccccc4)c(Cl)c3)C(=O)C2=C1O. The van der Waals surface area contributed by atoms with Gasteiger partial charge in [-0.1, -0.05) is 54.6 Å². The molecule has 0 spiro atoms. The minimum Gasteiger partial charge on any atom is -0.505 e. The number of rotatable bonds is 6. The number of halogens is 1. The number of aliphatic hydroxyl groups is 1. The van der Waals surface area contributed by atoms with Crippen molar-refractivity contribution in [2.75, 3.05) is 13.1 Å². The summed E-state index contributed by atoms with van der Waals surface area (Å²) in [7, 11) is 0. The van der Waals surface area contributed by atoms with Gasteiger partial charge in [-0.2, -0.15) is 0 Å². The van der Waals surface area contributed by atoms with E-state index < -0.39 is 0 Å². The molecule has 34 heavy (non-hydrogen) atoms. The predicted octanol–water partition coefficient (Wildman–Crippen LogP) is 5.40. The smallest absolute Gasteiger partial charge is 0.274 e. The van der Waals surface area contributed by atoms with Crippen LogP contribution in [-0.2, 0) is 17.9 Å². The van der Waals surface area contributed by atoms with E-state index in [4.69, 9.17) is 16.3 Å². The molecule has 8 heteroatoms. The number of nitrogens with zero attached hydrogens (tertiary/aromatic N) is 3. The summed E-state index contributed by atoms with van der Waals surface area (Å²) in [5.74, 6) is 0.235. The molecule has 0 aliphatic carbocycles. The van der Waals surface area contributed by atoms with Crippen LogP contribution in [0.2, 0.25) is 5.02 Å². The molecule has 2 aliphatic heterocycles. The number of ether oxygens (including phenoxy) is 1. The van der Waals surface area contributed by atoms with Gasteiger partial charge >= 0.3 is 0 Å². The first kappa shape index (κ1) is 22.3. The normalized spacial score (nSPS) is 16.0. The van der Waals surface area contributed by atoms with Gasteiger partial charge in [-0.25, -0.2) is 4.98 Å². The number of aromatic nitrogens is 1. The van der Waals surface area contributed by atoms with Crippen molar-refractivity contribution in [2.45, 2.75) is 13.2 Å². The molecule has 1 aromatic heterocycles. The van der Waals surface area contributed by atoms with Gasteiger partial charge in [0.25, 0.3) is 5.91 Å². The quantitative estimate of drug-likeness (QED) is 0.500. The third-order valence-electron chi connectivity index (χ3n) is 5.78. The fraction of sp³-hybridized carbons (Fsp3) is 0.154. The molecule has 1 N–H and O–H groups in total. The molecule has 0 radical (unpaired) electrons. The van der Waals surface area contributed by atoms with Crippen LogP contribution in [0.5, 0.6) is 5.75 Å². The number of carbonyl (C=O) groups excluding carboxylic acids is 1. The van der Waals surface area contributed by atoms with Crippen molar-refractivity contribution in [3.05, 3.63) is 111 Å². The van der Waals surface area contributed by atoms with Gasteiger partial charge < -0.3 is 19.6 Å². The lowest BCUT2D eigenvalue weighted by Crippen LogP contribution is -2.48. The number of carbonyl (C=O) groups is 1. The average molecular weight is 492 g/mol. The lowest BCUT2D eigenvalue weighted by Gasteiger charge is -2.38. The molecule has 6 nitrogen and oxygen atoms in total. The Morgan fingerprint density at radius 2 is 1.97 bits per heavy atom. The molecular weight excluding hydrogens is 470 g/mol. The van der Waals surface area contributed by atoms with Crippen molar-refractivity contribution in [2.24, 2.45) is 0 Å². The fourth-order valence-corrected chi connectivity index (χ4v) is 4.93. The topological polar surface area (TPSA) is 65.9 Å². The summed E-state index contributed by atoms with van der Waals surface area (Å²) in [5, 5.41) is 13.9. The number of hydrogen-bond acceptors (Lipinski definition) is 6. The first-order valence-electron chi connectivity index (χ1n) is 10.8. The Morgan fingerprint density at radius 3 is 2.71 bits per heavy atom. The van der Waals surface area contributed by atoms with Gasteiger partial charge in [0, 0.05) is 48.6 Å². The molecule has 0 bridgehead atoms. The van der Waals surface area contributed by atoms with E-state index in [9.17, 15) is 9.90 Å². The van der Waals surface area contributed by atoms with Gasteiger partial charge in [-0.15, -0.1) is 11.3 Å². The number of aliphatic hydroxyl groups excluding tert-OH is 1. The van der Waals surface area contributed by atoms with Crippen molar-refractivity contribution in [3.8, 4) is 5.75 Å². The van der Waals surface area contributed by atoms with Crippen LogP contribution in [0.15, 0.2) is 89.9 Å². The summed E-state index contributed by atoms with van der Waals surface area (Å²) in [4.78, 5) is 21.0. The molecule has 0 unspecified atom stereocenters. The molecule has 2 aliphatic rings. The maximum Gasteiger partial charge on any atom is 0.274 e. The molecule has 172 valence electrons. The molecule has 1 saturated heterocycles. The second-order valence-electron chi connectivity index (χ2n) is 8.01. The van der Waals surface area contributed by atoms with E-state index in [1.165, 1.54) is 11.3 Å². The molecular formula is C26H22ClN3O3S. The second kappa shape index (κ2) is 9.37. The Balaban J connectivity index is 1.29. The molecule has 3 aromatic rings. The highest BCUT2D eigenvalue weighted by Gasteiger charge is 2.36. The maximum atomic E-state index is 13.2. The third-order valence-corrected chi connectivity index (χ3v) is 6.88. The average Bonchev–Trinajstić information content (AvgIpc) is 3.38. The number of thiazole rings is 1. The minimum atomic E-state index is -0.250. The number of piperazine rings is 1. The van der Waals surface area contributed by atoms with E-state index in [0.717, 1.165) is 21.7 Å². The molecule has 2 aromatic carbocycles. The number of amides is 1. The lowest BCUT2D eigenvalue weighted by atomic mass is 9.99. The van der Waals surface area contributed by atoms with Crippen molar-refractivity contribution in [1.29, 1.82) is 0 Å². The third kappa shape index (κ3) is 4.32. The number of hydrogen-bond donors (Lipinski definition) is 1. The number of benzene rings is 2. The molecule has 5 rings (SSSR count). The summed E-state index contributed by atoms with van der Waals surface area (Å²) in [6, 6.07) is 15.4. The van der Waals surface area contributed by atoms with Crippen LogP contribution in [-0.4, -0.2) is 38.9 Å². The first-order chi connectivity index (χ1) is 16.5. The summed E-state index contributed by atoms with van der Waals surface area (Å²) in [6.07, 6.45) is 3.55. The molecule has 3 heterocycles. The van der Waals surface area contributed by atoms with Crippen molar-refractivity contribution >= 4 is 34.4 Å². The van der Waals surface area contributed by atoms with Crippen LogP contribution in [0.25, 0.3) is 5.57 Å². The summed E-state index contributed by atoms with van der Waals surface area (Å²) in [5.41, 5.74) is 3.31. The fourth-order valence-electron chi connectivity index (χ4n) is 3.99. The van der Waals surface area contributed by atoms with Crippen LogP contribution in [0.4, 0.5) is 0 Å². The van der Waals surface area contributed by atoms with E-state index in [1.807, 2.05) is 60.1 Å². The van der Waals surface area contributed by atoms with E-state index in [2.05, 4.69) is 11.6 Å². The highest BCUT2D eigenvalue weighted by molar-refractivity contribution is 7.10. The first-order valence-corrected chi connectivity index (χ1v) is 12.0. The van der Waals surface area contributed by atoms with E-state index in [-0.39, 0.29) is 17.4 Å². The van der Waals surface area contributed by atoms with Crippen LogP contribution in [0.3, 0.4) is 0 Å². The molecule has 1 fully saturated rings. The Hall–Kier alpha value is -3.55. The van der Waals surface area contributed by atoms with Gasteiger partial charge in [0.2, 0.25) is 0 Å². The van der Waals surface area contributed by atoms with Crippen molar-refractivity contribution in [1.82, 2.24) is 14.8 Å². The van der Waals surface area contributed by atoms with Gasteiger partial charge in [-0.05, 0) is 23.3 Å². The number of fused-ring (bicyclic) bond motifs is 1. The Bertz CT molecular complexity index is 1300. The zero-order valence-electron chi connectivity index (χ0n) is 18.3. The van der Waals surface area contributed by atoms with Crippen LogP contribution in [0, 0.1) is 0 Å². The van der Waals surface area contributed by atoms with E-state index >= 15 is 0 Å². The summed E-state index contributed by atoms with van der Waals surface area (Å²) >= 11 is 7.92.